The van der Waals surface area contributed by atoms with E-state index in [-0.39, 0.29) is 0 Å². The van der Waals surface area contributed by atoms with Crippen molar-refractivity contribution in [2.45, 2.75) is 12.8 Å². The second-order valence-corrected chi connectivity index (χ2v) is 5.70. The summed E-state index contributed by atoms with van der Waals surface area (Å²) in [6.45, 7) is 3.53. The van der Waals surface area contributed by atoms with Crippen molar-refractivity contribution in [3.05, 3.63) is 24.3 Å². The van der Waals surface area contributed by atoms with E-state index in [1.54, 1.807) is 0 Å². The fourth-order valence-electron chi connectivity index (χ4n) is 2.84. The van der Waals surface area contributed by atoms with Gasteiger partial charge in [-0.2, -0.15) is 0 Å². The second-order valence-electron chi connectivity index (χ2n) is 5.70. The third-order valence-electron chi connectivity index (χ3n) is 4.11. The molecule has 0 amide bonds. The second kappa shape index (κ2) is 5.21. The Kier molecular flexibility index (Phi) is 3.42. The van der Waals surface area contributed by atoms with E-state index in [0.29, 0.717) is 0 Å². The topological polar surface area (TPSA) is 35.2 Å². The molecule has 102 valence electrons. The lowest BCUT2D eigenvalue weighted by molar-refractivity contribution is 0.222. The SMILES string of the molecule is CN1CCC(CN(C)c2nc3ccccc3[nH]2)CC1. The molecule has 0 radical (unpaired) electrons. The van der Waals surface area contributed by atoms with Crippen LogP contribution in [0.5, 0.6) is 0 Å². The van der Waals surface area contributed by atoms with Crippen LogP contribution in [-0.2, 0) is 0 Å². The number of hydrogen-bond donors (Lipinski definition) is 1. The van der Waals surface area contributed by atoms with E-state index < -0.39 is 0 Å². The first-order valence-corrected chi connectivity index (χ1v) is 7.07. The van der Waals surface area contributed by atoms with E-state index in [2.05, 4.69) is 46.0 Å². The molecule has 1 aromatic heterocycles. The molecule has 4 heteroatoms. The van der Waals surface area contributed by atoms with E-state index >= 15 is 0 Å². The van der Waals surface area contributed by atoms with Crippen LogP contribution in [0.2, 0.25) is 0 Å². The average Bonchev–Trinajstić information content (AvgIpc) is 2.85. The number of nitrogens with zero attached hydrogens (tertiary/aromatic N) is 3. The Balaban J connectivity index is 1.68. The number of imidazole rings is 1. The van der Waals surface area contributed by atoms with Crippen molar-refractivity contribution in [1.82, 2.24) is 14.9 Å². The minimum Gasteiger partial charge on any atom is -0.345 e. The van der Waals surface area contributed by atoms with Gasteiger partial charge in [-0.15, -0.1) is 0 Å². The summed E-state index contributed by atoms with van der Waals surface area (Å²) in [5, 5.41) is 0. The largest absolute Gasteiger partial charge is 0.345 e. The smallest absolute Gasteiger partial charge is 0.203 e. The summed E-state index contributed by atoms with van der Waals surface area (Å²) in [4.78, 5) is 12.7. The fourth-order valence-corrected chi connectivity index (χ4v) is 2.84. The van der Waals surface area contributed by atoms with Gasteiger partial charge in [-0.3, -0.25) is 0 Å². The minimum atomic E-state index is 0.786. The van der Waals surface area contributed by atoms with E-state index in [0.717, 1.165) is 29.4 Å². The number of nitrogens with one attached hydrogen (secondary N) is 1. The van der Waals surface area contributed by atoms with Crippen molar-refractivity contribution < 1.29 is 0 Å². The number of fused-ring (bicyclic) bond motifs is 1. The van der Waals surface area contributed by atoms with Crippen LogP contribution in [0.4, 0.5) is 5.95 Å². The molecule has 0 spiro atoms. The standard InChI is InChI=1S/C15H22N4/c1-18-9-7-12(8-10-18)11-19(2)15-16-13-5-3-4-6-14(13)17-15/h3-6,12H,7-11H2,1-2H3,(H,16,17). The summed E-state index contributed by atoms with van der Waals surface area (Å²) in [5.41, 5.74) is 2.17. The van der Waals surface area contributed by atoms with Crippen molar-refractivity contribution in [3.8, 4) is 0 Å². The van der Waals surface area contributed by atoms with Gasteiger partial charge in [0.15, 0.2) is 0 Å². The zero-order valence-electron chi connectivity index (χ0n) is 11.8. The highest BCUT2D eigenvalue weighted by Crippen LogP contribution is 2.21. The summed E-state index contributed by atoms with van der Waals surface area (Å²) in [7, 11) is 4.34. The van der Waals surface area contributed by atoms with Crippen LogP contribution < -0.4 is 4.90 Å². The van der Waals surface area contributed by atoms with Gasteiger partial charge in [0.2, 0.25) is 5.95 Å². The van der Waals surface area contributed by atoms with E-state index in [1.165, 1.54) is 25.9 Å². The Labute approximate surface area is 114 Å². The van der Waals surface area contributed by atoms with E-state index in [1.807, 2.05) is 12.1 Å². The van der Waals surface area contributed by atoms with Gasteiger partial charge >= 0.3 is 0 Å². The Bertz CT molecular complexity index is 507. The predicted octanol–water partition coefficient (Wildman–Crippen LogP) is 2.34. The highest BCUT2D eigenvalue weighted by atomic mass is 15.2. The van der Waals surface area contributed by atoms with E-state index in [9.17, 15) is 0 Å². The average molecular weight is 258 g/mol. The van der Waals surface area contributed by atoms with Crippen LogP contribution in [0.15, 0.2) is 24.3 Å². The first kappa shape index (κ1) is 12.5. The van der Waals surface area contributed by atoms with Gasteiger partial charge in [0, 0.05) is 13.6 Å². The molecule has 1 N–H and O–H groups in total. The van der Waals surface area contributed by atoms with Crippen LogP contribution in [0.1, 0.15) is 12.8 Å². The molecule has 1 aromatic carbocycles. The maximum absolute atomic E-state index is 4.65. The molecule has 1 aliphatic heterocycles. The number of H-pyrrole nitrogens is 1. The Morgan fingerprint density at radius 1 is 1.32 bits per heavy atom. The van der Waals surface area contributed by atoms with Crippen LogP contribution in [0.25, 0.3) is 11.0 Å². The highest BCUT2D eigenvalue weighted by Gasteiger charge is 2.19. The molecule has 3 rings (SSSR count). The van der Waals surface area contributed by atoms with Gasteiger partial charge in [0.1, 0.15) is 0 Å². The first-order chi connectivity index (χ1) is 9.22. The van der Waals surface area contributed by atoms with Crippen LogP contribution in [-0.4, -0.2) is 48.6 Å². The number of piperidine rings is 1. The van der Waals surface area contributed by atoms with Crippen molar-refractivity contribution >= 4 is 17.0 Å². The molecular formula is C15H22N4. The van der Waals surface area contributed by atoms with Gasteiger partial charge < -0.3 is 14.8 Å². The number of aromatic nitrogens is 2. The summed E-state index contributed by atoms with van der Waals surface area (Å²) in [6.07, 6.45) is 2.59. The number of rotatable bonds is 3. The number of benzene rings is 1. The molecule has 1 saturated heterocycles. The number of para-hydroxylation sites is 2. The van der Waals surface area contributed by atoms with E-state index in [4.69, 9.17) is 0 Å². The molecule has 2 heterocycles. The molecule has 0 unspecified atom stereocenters. The zero-order valence-corrected chi connectivity index (χ0v) is 11.8. The lowest BCUT2D eigenvalue weighted by Gasteiger charge is -2.31. The van der Waals surface area contributed by atoms with Crippen molar-refractivity contribution in [1.29, 1.82) is 0 Å². The lowest BCUT2D eigenvalue weighted by Crippen LogP contribution is -2.36. The Morgan fingerprint density at radius 3 is 2.79 bits per heavy atom. The molecule has 1 fully saturated rings. The molecule has 1 aliphatic rings. The molecule has 0 aliphatic carbocycles. The van der Waals surface area contributed by atoms with Gasteiger partial charge in [-0.05, 0) is 51.0 Å². The lowest BCUT2D eigenvalue weighted by atomic mass is 9.97. The summed E-state index contributed by atoms with van der Waals surface area (Å²) in [5.74, 6) is 1.77. The quantitative estimate of drug-likeness (QED) is 0.918. The zero-order chi connectivity index (χ0) is 13.2. The van der Waals surface area contributed by atoms with Crippen LogP contribution in [0.3, 0.4) is 0 Å². The van der Waals surface area contributed by atoms with Gasteiger partial charge in [-0.1, -0.05) is 12.1 Å². The molecule has 0 saturated carbocycles. The van der Waals surface area contributed by atoms with Crippen molar-refractivity contribution in [2.75, 3.05) is 38.6 Å². The predicted molar refractivity (Wildman–Crippen MR) is 79.6 cm³/mol. The molecule has 0 bridgehead atoms. The monoisotopic (exact) mass is 258 g/mol. The first-order valence-electron chi connectivity index (χ1n) is 7.07. The molecular weight excluding hydrogens is 236 g/mol. The van der Waals surface area contributed by atoms with Gasteiger partial charge in [-0.25, -0.2) is 4.98 Å². The summed E-state index contributed by atoms with van der Waals surface area (Å²) in [6, 6.07) is 8.21. The normalized spacial score (nSPS) is 18.0. The molecule has 2 aromatic rings. The van der Waals surface area contributed by atoms with Gasteiger partial charge in [0.25, 0.3) is 0 Å². The summed E-state index contributed by atoms with van der Waals surface area (Å²) < 4.78 is 0. The van der Waals surface area contributed by atoms with Crippen LogP contribution >= 0.6 is 0 Å². The maximum Gasteiger partial charge on any atom is 0.203 e. The highest BCUT2D eigenvalue weighted by molar-refractivity contribution is 5.77. The number of aromatic amines is 1. The fraction of sp³-hybridized carbons (Fsp3) is 0.533. The van der Waals surface area contributed by atoms with Crippen molar-refractivity contribution in [3.63, 3.8) is 0 Å². The Morgan fingerprint density at radius 2 is 2.05 bits per heavy atom. The third kappa shape index (κ3) is 2.73. The molecule has 0 atom stereocenters. The van der Waals surface area contributed by atoms with Crippen LogP contribution in [0, 0.1) is 5.92 Å². The minimum absolute atomic E-state index is 0.786. The summed E-state index contributed by atoms with van der Waals surface area (Å²) >= 11 is 0. The third-order valence-corrected chi connectivity index (χ3v) is 4.11. The number of likely N-dealkylation sites (tertiary alicyclic amines) is 1. The number of anilines is 1. The molecule has 19 heavy (non-hydrogen) atoms. The maximum atomic E-state index is 4.65. The Hall–Kier alpha value is -1.55. The van der Waals surface area contributed by atoms with Crippen molar-refractivity contribution in [2.24, 2.45) is 5.92 Å². The molecule has 4 nitrogen and oxygen atoms in total. The van der Waals surface area contributed by atoms with Gasteiger partial charge in [0.05, 0.1) is 11.0 Å². The number of hydrogen-bond acceptors (Lipinski definition) is 3.